The van der Waals surface area contributed by atoms with Crippen LogP contribution in [0.4, 0.5) is 0 Å². The van der Waals surface area contributed by atoms with Gasteiger partial charge in [-0.15, -0.1) is 11.8 Å². The zero-order valence-corrected chi connectivity index (χ0v) is 15.6. The van der Waals surface area contributed by atoms with Crippen LogP contribution in [0.15, 0.2) is 52.6 Å². The summed E-state index contributed by atoms with van der Waals surface area (Å²) in [6.45, 7) is 4.78. The lowest BCUT2D eigenvalue weighted by atomic mass is 10.2. The van der Waals surface area contributed by atoms with Gasteiger partial charge in [-0.2, -0.15) is 5.10 Å². The number of hydrogen-bond donors (Lipinski definition) is 2. The smallest absolute Gasteiger partial charge is 0.191 e. The molecule has 1 atom stereocenters. The number of aliphatic imine (C=N–C) groups is 1. The Kier molecular flexibility index (Phi) is 7.98. The van der Waals surface area contributed by atoms with Gasteiger partial charge in [0.2, 0.25) is 0 Å². The fraction of sp³-hybridized carbons (Fsp3) is 0.412. The van der Waals surface area contributed by atoms with E-state index in [-0.39, 0.29) is 0 Å². The fourth-order valence-corrected chi connectivity index (χ4v) is 3.05. The summed E-state index contributed by atoms with van der Waals surface area (Å²) >= 11 is 7.68. The molecule has 0 aliphatic rings. The maximum absolute atomic E-state index is 5.89. The number of nitrogens with zero attached hydrogens (tertiary/aromatic N) is 3. The summed E-state index contributed by atoms with van der Waals surface area (Å²) < 4.78 is 1.95. The number of rotatable bonds is 8. The van der Waals surface area contributed by atoms with Crippen molar-refractivity contribution in [3.8, 4) is 0 Å². The Morgan fingerprint density at radius 3 is 2.79 bits per heavy atom. The van der Waals surface area contributed by atoms with Gasteiger partial charge in [-0.05, 0) is 36.2 Å². The Morgan fingerprint density at radius 1 is 1.33 bits per heavy atom. The minimum atomic E-state index is 0.465. The number of benzene rings is 1. The van der Waals surface area contributed by atoms with E-state index in [2.05, 4.69) is 27.6 Å². The third-order valence-electron chi connectivity index (χ3n) is 3.38. The Hall–Kier alpha value is -1.66. The molecule has 2 N–H and O–H groups in total. The molecular weight excluding hydrogens is 342 g/mol. The van der Waals surface area contributed by atoms with Crippen molar-refractivity contribution in [3.63, 3.8) is 0 Å². The van der Waals surface area contributed by atoms with Gasteiger partial charge in [0.25, 0.3) is 0 Å². The van der Waals surface area contributed by atoms with E-state index in [0.717, 1.165) is 36.4 Å². The van der Waals surface area contributed by atoms with Crippen LogP contribution in [-0.4, -0.2) is 41.6 Å². The Morgan fingerprint density at radius 2 is 2.12 bits per heavy atom. The molecule has 7 heteroatoms. The van der Waals surface area contributed by atoms with Gasteiger partial charge in [-0.3, -0.25) is 9.67 Å². The van der Waals surface area contributed by atoms with E-state index in [4.69, 9.17) is 11.6 Å². The van der Waals surface area contributed by atoms with E-state index in [1.54, 1.807) is 25.0 Å². The number of halogens is 1. The zero-order chi connectivity index (χ0) is 17.2. The molecule has 1 heterocycles. The van der Waals surface area contributed by atoms with Crippen molar-refractivity contribution >= 4 is 29.3 Å². The van der Waals surface area contributed by atoms with Gasteiger partial charge in [0, 0.05) is 54.7 Å². The monoisotopic (exact) mass is 365 g/mol. The maximum Gasteiger partial charge on any atom is 0.191 e. The number of nitrogens with one attached hydrogen (secondary N) is 2. The topological polar surface area (TPSA) is 54.2 Å². The summed E-state index contributed by atoms with van der Waals surface area (Å²) in [5.41, 5.74) is 0. The number of thioether (sulfide) groups is 1. The summed E-state index contributed by atoms with van der Waals surface area (Å²) in [5, 5.41) is 11.7. The summed E-state index contributed by atoms with van der Waals surface area (Å²) in [6.07, 6.45) is 3.79. The minimum absolute atomic E-state index is 0.465. The third-order valence-corrected chi connectivity index (χ3v) is 4.64. The van der Waals surface area contributed by atoms with Gasteiger partial charge in [0.15, 0.2) is 5.96 Å². The molecule has 1 unspecified atom stereocenters. The molecule has 1 aromatic heterocycles. The highest BCUT2D eigenvalue weighted by atomic mass is 35.5. The SMILES string of the molecule is CN=C(NCCSc1ccc(Cl)cc1)NCC(C)Cn1cccn1. The molecule has 0 radical (unpaired) electrons. The van der Waals surface area contributed by atoms with Crippen molar-refractivity contribution in [1.29, 1.82) is 0 Å². The van der Waals surface area contributed by atoms with Crippen molar-refractivity contribution in [1.82, 2.24) is 20.4 Å². The fourth-order valence-electron chi connectivity index (χ4n) is 2.15. The van der Waals surface area contributed by atoms with E-state index in [0.29, 0.717) is 5.92 Å². The van der Waals surface area contributed by atoms with Crippen molar-refractivity contribution in [2.75, 3.05) is 25.9 Å². The van der Waals surface area contributed by atoms with E-state index in [9.17, 15) is 0 Å². The van der Waals surface area contributed by atoms with Crippen molar-refractivity contribution in [3.05, 3.63) is 47.7 Å². The third kappa shape index (κ3) is 6.84. The molecule has 0 amide bonds. The zero-order valence-electron chi connectivity index (χ0n) is 14.1. The Balaban J connectivity index is 1.62. The first-order valence-electron chi connectivity index (χ1n) is 7.97. The second-order valence-electron chi connectivity index (χ2n) is 5.52. The van der Waals surface area contributed by atoms with Crippen LogP contribution in [0, 0.1) is 5.92 Å². The molecule has 0 saturated carbocycles. The predicted octanol–water partition coefficient (Wildman–Crippen LogP) is 3.13. The largest absolute Gasteiger partial charge is 0.356 e. The van der Waals surface area contributed by atoms with Crippen molar-refractivity contribution in [2.45, 2.75) is 18.4 Å². The van der Waals surface area contributed by atoms with Gasteiger partial charge in [0.1, 0.15) is 0 Å². The second-order valence-corrected chi connectivity index (χ2v) is 7.12. The van der Waals surface area contributed by atoms with Gasteiger partial charge in [-0.1, -0.05) is 18.5 Å². The van der Waals surface area contributed by atoms with Crippen LogP contribution in [0.3, 0.4) is 0 Å². The predicted molar refractivity (Wildman–Crippen MR) is 103 cm³/mol. The van der Waals surface area contributed by atoms with Gasteiger partial charge >= 0.3 is 0 Å². The highest BCUT2D eigenvalue weighted by Crippen LogP contribution is 2.19. The maximum atomic E-state index is 5.89. The molecule has 1 aromatic carbocycles. The molecule has 0 aliphatic carbocycles. The Labute approximate surface area is 152 Å². The molecular formula is C17H24ClN5S. The summed E-state index contributed by atoms with van der Waals surface area (Å²) in [6, 6.07) is 9.85. The summed E-state index contributed by atoms with van der Waals surface area (Å²) in [7, 11) is 1.79. The first kappa shape index (κ1) is 18.7. The van der Waals surface area contributed by atoms with Crippen LogP contribution in [0.5, 0.6) is 0 Å². The lowest BCUT2D eigenvalue weighted by Gasteiger charge is -2.16. The van der Waals surface area contributed by atoms with Crippen LogP contribution in [0.25, 0.3) is 0 Å². The average molecular weight is 366 g/mol. The lowest BCUT2D eigenvalue weighted by molar-refractivity contribution is 0.443. The summed E-state index contributed by atoms with van der Waals surface area (Å²) in [4.78, 5) is 5.48. The average Bonchev–Trinajstić information content (AvgIpc) is 3.08. The number of guanidine groups is 1. The highest BCUT2D eigenvalue weighted by Gasteiger charge is 2.05. The van der Waals surface area contributed by atoms with Gasteiger partial charge in [0.05, 0.1) is 0 Å². The van der Waals surface area contributed by atoms with Crippen LogP contribution in [0.2, 0.25) is 5.02 Å². The van der Waals surface area contributed by atoms with Crippen LogP contribution >= 0.6 is 23.4 Å². The van der Waals surface area contributed by atoms with Crippen LogP contribution in [-0.2, 0) is 6.54 Å². The van der Waals surface area contributed by atoms with E-state index < -0.39 is 0 Å². The molecule has 0 bridgehead atoms. The van der Waals surface area contributed by atoms with E-state index >= 15 is 0 Å². The van der Waals surface area contributed by atoms with Crippen molar-refractivity contribution in [2.24, 2.45) is 10.9 Å². The Bertz CT molecular complexity index is 612. The molecule has 2 rings (SSSR count). The number of hydrogen-bond acceptors (Lipinski definition) is 3. The molecule has 24 heavy (non-hydrogen) atoms. The molecule has 0 saturated heterocycles. The quantitative estimate of drug-likeness (QED) is 0.326. The van der Waals surface area contributed by atoms with E-state index in [1.807, 2.05) is 41.2 Å². The molecule has 0 aliphatic heterocycles. The van der Waals surface area contributed by atoms with E-state index in [1.165, 1.54) is 4.90 Å². The second kappa shape index (κ2) is 10.3. The minimum Gasteiger partial charge on any atom is -0.356 e. The summed E-state index contributed by atoms with van der Waals surface area (Å²) in [5.74, 6) is 2.26. The molecule has 2 aromatic rings. The van der Waals surface area contributed by atoms with Crippen LogP contribution in [0.1, 0.15) is 6.92 Å². The normalized spacial score (nSPS) is 12.9. The standard InChI is InChI=1S/C17H24ClN5S/c1-14(13-23-10-3-8-22-23)12-21-17(19-2)20-9-11-24-16-6-4-15(18)5-7-16/h3-8,10,14H,9,11-13H2,1-2H3,(H2,19,20,21). The van der Waals surface area contributed by atoms with Crippen LogP contribution < -0.4 is 10.6 Å². The van der Waals surface area contributed by atoms with Crippen molar-refractivity contribution < 1.29 is 0 Å². The van der Waals surface area contributed by atoms with Gasteiger partial charge < -0.3 is 10.6 Å². The lowest BCUT2D eigenvalue weighted by Crippen LogP contribution is -2.40. The first-order chi connectivity index (χ1) is 11.7. The molecule has 5 nitrogen and oxygen atoms in total. The molecule has 0 spiro atoms. The molecule has 130 valence electrons. The van der Waals surface area contributed by atoms with Gasteiger partial charge in [-0.25, -0.2) is 0 Å². The number of aromatic nitrogens is 2. The highest BCUT2D eigenvalue weighted by molar-refractivity contribution is 7.99. The molecule has 0 fully saturated rings. The first-order valence-corrected chi connectivity index (χ1v) is 9.34.